The molecule has 1 aromatic carbocycles. The molecule has 3 aromatic heterocycles. The number of rotatable bonds is 6. The molecular formula is C29H36FN7O2. The first-order chi connectivity index (χ1) is 18.7. The van der Waals surface area contributed by atoms with Crippen LogP contribution in [-0.2, 0) is 18.6 Å². The Kier molecular flexibility index (Phi) is 7.26. The number of halogens is 1. The fraction of sp³-hybridized carbons (Fsp3) is 0.448. The van der Waals surface area contributed by atoms with Gasteiger partial charge in [-0.05, 0) is 87.9 Å². The molecule has 0 amide bonds. The van der Waals surface area contributed by atoms with Gasteiger partial charge in [-0.3, -0.25) is 4.79 Å². The minimum atomic E-state index is -1.39. The number of aliphatic hydroxyl groups is 1. The number of pyridine rings is 1. The van der Waals surface area contributed by atoms with Gasteiger partial charge in [0.2, 0.25) is 5.95 Å². The molecule has 4 aromatic rings. The average Bonchev–Trinajstić information content (AvgIpc) is 3.75. The van der Waals surface area contributed by atoms with Gasteiger partial charge in [0.15, 0.2) is 11.5 Å². The van der Waals surface area contributed by atoms with Crippen LogP contribution in [0, 0.1) is 11.7 Å². The third-order valence-corrected chi connectivity index (χ3v) is 7.36. The first kappa shape index (κ1) is 27.0. The molecule has 1 fully saturated rings. The Morgan fingerprint density at radius 2 is 1.92 bits per heavy atom. The molecule has 206 valence electrons. The maximum atomic E-state index is 14.8. The van der Waals surface area contributed by atoms with Crippen molar-refractivity contribution < 1.29 is 9.50 Å². The highest BCUT2D eigenvalue weighted by Gasteiger charge is 2.44. The maximum Gasteiger partial charge on any atom is 0.278 e. The van der Waals surface area contributed by atoms with Crippen molar-refractivity contribution in [3.8, 4) is 5.82 Å². The highest BCUT2D eigenvalue weighted by molar-refractivity contribution is 5.77. The lowest BCUT2D eigenvalue weighted by molar-refractivity contribution is 0.0247. The molecule has 1 saturated carbocycles. The lowest BCUT2D eigenvalue weighted by atomic mass is 9.95. The first-order valence-corrected chi connectivity index (χ1v) is 13.7. The van der Waals surface area contributed by atoms with E-state index < -0.39 is 11.4 Å². The molecule has 39 heavy (non-hydrogen) atoms. The fourth-order valence-electron chi connectivity index (χ4n) is 5.18. The second kappa shape index (κ2) is 10.5. The Labute approximate surface area is 227 Å². The summed E-state index contributed by atoms with van der Waals surface area (Å²) in [5, 5.41) is 18.0. The Bertz CT molecular complexity index is 1570. The molecule has 1 aliphatic heterocycles. The Balaban J connectivity index is 0.00000151. The van der Waals surface area contributed by atoms with Crippen molar-refractivity contribution in [2.45, 2.75) is 72.1 Å². The van der Waals surface area contributed by atoms with Gasteiger partial charge < -0.3 is 15.7 Å². The number of nitrogens with zero attached hydrogens (tertiary/aromatic N) is 5. The fourth-order valence-corrected chi connectivity index (χ4v) is 5.18. The molecule has 0 radical (unpaired) electrons. The van der Waals surface area contributed by atoms with Gasteiger partial charge in [0.25, 0.3) is 5.56 Å². The zero-order valence-corrected chi connectivity index (χ0v) is 23.1. The van der Waals surface area contributed by atoms with Crippen LogP contribution in [0.1, 0.15) is 70.3 Å². The summed E-state index contributed by atoms with van der Waals surface area (Å²) in [6.07, 6.45) is 4.14. The second-order valence-electron chi connectivity index (χ2n) is 10.4. The van der Waals surface area contributed by atoms with E-state index in [-0.39, 0.29) is 23.2 Å². The average molecular weight is 534 g/mol. The normalized spacial score (nSPS) is 16.4. The van der Waals surface area contributed by atoms with E-state index >= 15 is 0 Å². The monoisotopic (exact) mass is 533 g/mol. The third kappa shape index (κ3) is 4.94. The van der Waals surface area contributed by atoms with Crippen LogP contribution in [0.15, 0.2) is 41.3 Å². The molecule has 1 unspecified atom stereocenters. The zero-order valence-electron chi connectivity index (χ0n) is 23.1. The van der Waals surface area contributed by atoms with Crippen molar-refractivity contribution in [2.24, 2.45) is 5.92 Å². The first-order valence-electron chi connectivity index (χ1n) is 13.7. The SMILES string of the molecule is CC.CC(C)n1c(=O)c2cnc(Nc3ccc4c(c3)CNCC4)nc2n1-c1ccc(F)c(C(C)(O)C2CC2)n1. The number of hydrogen-bond acceptors (Lipinski definition) is 7. The van der Waals surface area contributed by atoms with E-state index in [1.165, 1.54) is 34.1 Å². The van der Waals surface area contributed by atoms with Gasteiger partial charge in [0.05, 0.1) is 0 Å². The van der Waals surface area contributed by atoms with Crippen LogP contribution in [0.4, 0.5) is 16.0 Å². The van der Waals surface area contributed by atoms with Crippen LogP contribution in [0.25, 0.3) is 16.9 Å². The summed E-state index contributed by atoms with van der Waals surface area (Å²) in [6, 6.07) is 8.75. The number of nitrogens with one attached hydrogen (secondary N) is 2. The molecule has 9 nitrogen and oxygen atoms in total. The predicted molar refractivity (Wildman–Crippen MR) is 150 cm³/mol. The summed E-state index contributed by atoms with van der Waals surface area (Å²) >= 11 is 0. The van der Waals surface area contributed by atoms with E-state index in [4.69, 9.17) is 4.98 Å². The molecule has 2 aliphatic rings. The summed E-state index contributed by atoms with van der Waals surface area (Å²) in [5.41, 5.74) is 2.07. The maximum absolute atomic E-state index is 14.8. The summed E-state index contributed by atoms with van der Waals surface area (Å²) in [5.74, 6) is 0.0265. The van der Waals surface area contributed by atoms with Crippen LogP contribution in [0.2, 0.25) is 0 Å². The smallest absolute Gasteiger partial charge is 0.278 e. The van der Waals surface area contributed by atoms with Gasteiger partial charge in [-0.2, -0.15) is 4.98 Å². The summed E-state index contributed by atoms with van der Waals surface area (Å²) in [4.78, 5) is 27.0. The van der Waals surface area contributed by atoms with Gasteiger partial charge in [0.1, 0.15) is 22.5 Å². The van der Waals surface area contributed by atoms with Crippen molar-refractivity contribution >= 4 is 22.7 Å². The van der Waals surface area contributed by atoms with Gasteiger partial charge in [-0.25, -0.2) is 23.7 Å². The quantitative estimate of drug-likeness (QED) is 0.329. The lowest BCUT2D eigenvalue weighted by Gasteiger charge is -2.24. The number of aromatic nitrogens is 5. The summed E-state index contributed by atoms with van der Waals surface area (Å²) < 4.78 is 18.0. The van der Waals surface area contributed by atoms with E-state index in [2.05, 4.69) is 32.7 Å². The van der Waals surface area contributed by atoms with Gasteiger partial charge in [-0.1, -0.05) is 19.9 Å². The molecule has 1 aliphatic carbocycles. The second-order valence-corrected chi connectivity index (χ2v) is 10.4. The van der Waals surface area contributed by atoms with Crippen LogP contribution in [-0.4, -0.2) is 36.0 Å². The third-order valence-electron chi connectivity index (χ3n) is 7.36. The lowest BCUT2D eigenvalue weighted by Crippen LogP contribution is -2.29. The molecule has 10 heteroatoms. The standard InChI is InChI=1S/C27H30FN7O2.C2H6/c1-15(2)34-25(36)20-14-30-26(31-19-7-4-16-10-11-29-13-17(16)12-19)33-24(20)35(34)22-9-8-21(28)23(32-22)27(3,37)18-5-6-18;1-2/h4,7-9,12,14-15,18,29,37H,5-6,10-11,13H2,1-3H3,(H,30,31,33);1-2H3. The molecule has 1 atom stereocenters. The molecule has 0 saturated heterocycles. The molecule has 0 bridgehead atoms. The van der Waals surface area contributed by atoms with E-state index in [0.29, 0.717) is 22.8 Å². The van der Waals surface area contributed by atoms with Crippen LogP contribution in [0.5, 0.6) is 0 Å². The van der Waals surface area contributed by atoms with E-state index in [9.17, 15) is 14.3 Å². The summed E-state index contributed by atoms with van der Waals surface area (Å²) in [6.45, 7) is 11.1. The van der Waals surface area contributed by atoms with Crippen molar-refractivity contribution in [2.75, 3.05) is 11.9 Å². The number of anilines is 2. The van der Waals surface area contributed by atoms with Gasteiger partial charge >= 0.3 is 0 Å². The van der Waals surface area contributed by atoms with E-state index in [0.717, 1.165) is 38.0 Å². The van der Waals surface area contributed by atoms with E-state index in [1.807, 2.05) is 33.8 Å². The van der Waals surface area contributed by atoms with Crippen LogP contribution < -0.4 is 16.2 Å². The highest BCUT2D eigenvalue weighted by Crippen LogP contribution is 2.45. The predicted octanol–water partition coefficient (Wildman–Crippen LogP) is 4.73. The molecule has 4 heterocycles. The highest BCUT2D eigenvalue weighted by atomic mass is 19.1. The number of benzene rings is 1. The molecular weight excluding hydrogens is 497 g/mol. The zero-order chi connectivity index (χ0) is 27.9. The number of fused-ring (bicyclic) bond motifs is 2. The number of hydrogen-bond donors (Lipinski definition) is 3. The van der Waals surface area contributed by atoms with Crippen molar-refractivity contribution in [1.82, 2.24) is 29.6 Å². The Morgan fingerprint density at radius 3 is 2.64 bits per heavy atom. The Hall–Kier alpha value is -3.63. The molecule has 0 spiro atoms. The van der Waals surface area contributed by atoms with Crippen LogP contribution >= 0.6 is 0 Å². The topological polar surface area (TPSA) is 110 Å². The van der Waals surface area contributed by atoms with Crippen LogP contribution in [0.3, 0.4) is 0 Å². The van der Waals surface area contributed by atoms with Crippen molar-refractivity contribution in [1.29, 1.82) is 0 Å². The molecule has 6 rings (SSSR count). The summed E-state index contributed by atoms with van der Waals surface area (Å²) in [7, 11) is 0. The minimum Gasteiger partial charge on any atom is -0.383 e. The largest absolute Gasteiger partial charge is 0.383 e. The Morgan fingerprint density at radius 1 is 1.15 bits per heavy atom. The van der Waals surface area contributed by atoms with Gasteiger partial charge in [0, 0.05) is 24.5 Å². The minimum absolute atomic E-state index is 0.0211. The van der Waals surface area contributed by atoms with Crippen molar-refractivity contribution in [3.63, 3.8) is 0 Å². The molecule has 3 N–H and O–H groups in total. The van der Waals surface area contributed by atoms with Gasteiger partial charge in [-0.15, -0.1) is 0 Å². The van der Waals surface area contributed by atoms with Crippen molar-refractivity contribution in [3.05, 3.63) is 69.5 Å². The van der Waals surface area contributed by atoms with E-state index in [1.54, 1.807) is 11.6 Å².